The van der Waals surface area contributed by atoms with E-state index in [-0.39, 0.29) is 60.9 Å². The van der Waals surface area contributed by atoms with Crippen molar-refractivity contribution in [3.05, 3.63) is 53.1 Å². The van der Waals surface area contributed by atoms with E-state index in [1.54, 1.807) is 18.2 Å². The second kappa shape index (κ2) is 17.3. The maximum atomic E-state index is 12.1. The minimum atomic E-state index is -5.77. The van der Waals surface area contributed by atoms with Gasteiger partial charge in [-0.3, -0.25) is 38.6 Å². The van der Waals surface area contributed by atoms with Crippen LogP contribution in [0, 0.1) is 24.2 Å². The van der Waals surface area contributed by atoms with Crippen LogP contribution in [0.15, 0.2) is 36.4 Å². The van der Waals surface area contributed by atoms with Crippen LogP contribution in [-0.2, 0) is 29.3 Å². The fourth-order valence-corrected chi connectivity index (χ4v) is 4.25. The van der Waals surface area contributed by atoms with Crippen molar-refractivity contribution in [1.29, 1.82) is 0 Å². The van der Waals surface area contributed by atoms with E-state index in [4.69, 9.17) is 11.2 Å². The van der Waals surface area contributed by atoms with Crippen LogP contribution in [0.2, 0.25) is 0 Å². The number of rotatable bonds is 8. The molecule has 2 aromatic rings. The molecule has 0 aromatic heterocycles. The zero-order chi connectivity index (χ0) is 36.1. The minimum Gasteiger partial charge on any atom is -0.495 e. The summed E-state index contributed by atoms with van der Waals surface area (Å²) in [6, 6.07) is 7.93. The van der Waals surface area contributed by atoms with Gasteiger partial charge in [0.05, 0.1) is 32.9 Å². The molecule has 0 unspecified atom stereocenters. The number of amides is 4. The van der Waals surface area contributed by atoms with E-state index >= 15 is 0 Å². The summed E-state index contributed by atoms with van der Waals surface area (Å²) in [4.78, 5) is 67.8. The maximum absolute atomic E-state index is 12.1. The van der Waals surface area contributed by atoms with Crippen LogP contribution < -0.4 is 13.7 Å². The van der Waals surface area contributed by atoms with E-state index in [9.17, 15) is 50.4 Å². The molecule has 4 rings (SSSR count). The number of carbonyl (C=O) groups excluding carboxylic acids is 6. The summed E-state index contributed by atoms with van der Waals surface area (Å²) in [7, 11) is -3.19. The molecule has 0 N–H and O–H groups in total. The number of benzene rings is 2. The highest BCUT2D eigenvalue weighted by molar-refractivity contribution is 7.88. The summed E-state index contributed by atoms with van der Waals surface area (Å²) < 4.78 is 71.5. The highest BCUT2D eigenvalue weighted by Crippen LogP contribution is 2.33. The Kier molecular flexibility index (Phi) is 13.9. The number of hydrogen-bond donors (Lipinski definition) is 0. The smallest absolute Gasteiger partial charge is 0.495 e. The first-order valence-electron chi connectivity index (χ1n) is 13.5. The lowest BCUT2D eigenvalue weighted by atomic mass is 10.1. The number of hydrogen-bond acceptors (Lipinski definition) is 11. The summed E-state index contributed by atoms with van der Waals surface area (Å²) in [5.41, 5.74) is -4.33. The molecule has 254 valence electrons. The van der Waals surface area contributed by atoms with Gasteiger partial charge in [0, 0.05) is 36.8 Å². The molecule has 0 bridgehead atoms. The van der Waals surface area contributed by atoms with Crippen LogP contribution in [0.25, 0.3) is 0 Å². The zero-order valence-electron chi connectivity index (χ0n) is 25.4. The molecule has 0 spiro atoms. The molecule has 0 radical (unpaired) electrons. The molecule has 2 saturated heterocycles. The molecule has 0 aliphatic carbocycles. The maximum Gasteiger partial charge on any atom is 0.534 e. The SMILES string of the molecule is C#CCN1C(=O)CCC1=O.COc1cc(C=O)ccc1C#CCN1C(=O)CCC1=O.COc1cc(C=O)ccc1OS(=O)(=O)C(F)(F)F. The largest absolute Gasteiger partial charge is 0.534 e. The van der Waals surface area contributed by atoms with Crippen molar-refractivity contribution >= 4 is 46.3 Å². The topological polar surface area (TPSA) is 171 Å². The quantitative estimate of drug-likeness (QED) is 0.131. The van der Waals surface area contributed by atoms with Crippen molar-refractivity contribution in [2.45, 2.75) is 31.2 Å². The number of aldehydes is 2. The fourth-order valence-electron chi connectivity index (χ4n) is 3.78. The van der Waals surface area contributed by atoms with Gasteiger partial charge >= 0.3 is 15.6 Å². The molecular formula is C31H27F3N2O11S. The monoisotopic (exact) mass is 692 g/mol. The Bertz CT molecular complexity index is 1760. The second-order valence-electron chi connectivity index (χ2n) is 9.34. The Morgan fingerprint density at radius 1 is 0.771 bits per heavy atom. The second-order valence-corrected chi connectivity index (χ2v) is 10.9. The summed E-state index contributed by atoms with van der Waals surface area (Å²) in [5, 5.41) is 0. The highest BCUT2D eigenvalue weighted by atomic mass is 32.2. The van der Waals surface area contributed by atoms with Gasteiger partial charge in [0.15, 0.2) is 11.5 Å². The molecule has 2 aliphatic heterocycles. The van der Waals surface area contributed by atoms with Crippen molar-refractivity contribution in [1.82, 2.24) is 9.80 Å². The van der Waals surface area contributed by atoms with Crippen molar-refractivity contribution in [2.75, 3.05) is 27.3 Å². The van der Waals surface area contributed by atoms with Crippen LogP contribution in [0.1, 0.15) is 52.0 Å². The molecule has 4 amide bonds. The molecular weight excluding hydrogens is 665 g/mol. The predicted molar refractivity (Wildman–Crippen MR) is 160 cm³/mol. The average Bonchev–Trinajstić information content (AvgIpc) is 3.55. The third kappa shape index (κ3) is 10.4. The number of terminal acetylenes is 1. The van der Waals surface area contributed by atoms with Crippen LogP contribution in [0.4, 0.5) is 13.2 Å². The molecule has 13 nitrogen and oxygen atoms in total. The number of alkyl halides is 3. The van der Waals surface area contributed by atoms with E-state index in [0.717, 1.165) is 41.4 Å². The molecule has 0 saturated carbocycles. The van der Waals surface area contributed by atoms with Crippen molar-refractivity contribution < 1.29 is 64.0 Å². The molecule has 48 heavy (non-hydrogen) atoms. The number of methoxy groups -OCH3 is 2. The Hall–Kier alpha value is -5.68. The molecule has 2 aromatic carbocycles. The van der Waals surface area contributed by atoms with Gasteiger partial charge in [0.25, 0.3) is 0 Å². The van der Waals surface area contributed by atoms with Crippen LogP contribution >= 0.6 is 0 Å². The molecule has 2 heterocycles. The van der Waals surface area contributed by atoms with E-state index in [1.165, 1.54) is 7.11 Å². The lowest BCUT2D eigenvalue weighted by Gasteiger charge is -2.12. The first-order chi connectivity index (χ1) is 22.6. The first kappa shape index (κ1) is 38.5. The van der Waals surface area contributed by atoms with Crippen LogP contribution in [0.3, 0.4) is 0 Å². The van der Waals surface area contributed by atoms with Crippen molar-refractivity contribution in [3.63, 3.8) is 0 Å². The van der Waals surface area contributed by atoms with E-state index in [0.29, 0.717) is 36.0 Å². The van der Waals surface area contributed by atoms with E-state index in [2.05, 4.69) is 26.7 Å². The van der Waals surface area contributed by atoms with Gasteiger partial charge in [-0.2, -0.15) is 21.6 Å². The third-order valence-corrected chi connectivity index (χ3v) is 7.15. The van der Waals surface area contributed by atoms with Crippen LogP contribution in [0.5, 0.6) is 17.2 Å². The lowest BCUT2D eigenvalue weighted by molar-refractivity contribution is -0.139. The fraction of sp³-hybridized carbons (Fsp3) is 0.290. The Labute approximate surface area is 273 Å². The van der Waals surface area contributed by atoms with Gasteiger partial charge in [-0.1, -0.05) is 23.8 Å². The first-order valence-corrected chi connectivity index (χ1v) is 14.9. The number of halogens is 3. The lowest BCUT2D eigenvalue weighted by Crippen LogP contribution is -2.29. The minimum absolute atomic E-state index is 0.0796. The number of imide groups is 2. The summed E-state index contributed by atoms with van der Waals surface area (Å²) in [6.45, 7) is 0.202. The molecule has 0 atom stereocenters. The normalized spacial score (nSPS) is 14.0. The number of likely N-dealkylation sites (tertiary alicyclic amines) is 2. The van der Waals surface area contributed by atoms with Gasteiger partial charge in [-0.25, -0.2) is 0 Å². The number of ether oxygens (including phenoxy) is 2. The summed E-state index contributed by atoms with van der Waals surface area (Å²) >= 11 is 0. The Balaban J connectivity index is 0.000000263. The molecule has 2 aliphatic rings. The number of carbonyl (C=O) groups is 6. The molecule has 17 heteroatoms. The van der Waals surface area contributed by atoms with Gasteiger partial charge in [0.1, 0.15) is 18.3 Å². The standard InChI is InChI=1S/C15H13NO4.C9H7F3O5S.C7H7NO2/c1-20-13-9-11(10-17)4-5-12(13)3-2-8-16-14(18)6-7-15(16)19;1-16-8-4-6(5-13)2-3-7(8)17-18(14,15)9(10,11)12;1-2-5-8-6(9)3-4-7(8)10/h4-5,9-10H,6-8H2,1H3;2-5H,1H3;1H,3-5H2. The summed E-state index contributed by atoms with van der Waals surface area (Å²) in [6.07, 6.45) is 7.24. The predicted octanol–water partition coefficient (Wildman–Crippen LogP) is 2.51. The Morgan fingerprint density at radius 3 is 1.67 bits per heavy atom. The van der Waals surface area contributed by atoms with E-state index in [1.807, 2.05) is 0 Å². The third-order valence-electron chi connectivity index (χ3n) is 6.19. The zero-order valence-corrected chi connectivity index (χ0v) is 26.2. The van der Waals surface area contributed by atoms with Crippen molar-refractivity contribution in [2.24, 2.45) is 0 Å². The molecule has 2 fully saturated rings. The Morgan fingerprint density at radius 2 is 1.23 bits per heavy atom. The van der Waals surface area contributed by atoms with Crippen molar-refractivity contribution in [3.8, 4) is 41.4 Å². The average molecular weight is 693 g/mol. The van der Waals surface area contributed by atoms with Gasteiger partial charge < -0.3 is 13.7 Å². The van der Waals surface area contributed by atoms with Gasteiger partial charge in [0.2, 0.25) is 23.6 Å². The number of nitrogens with zero attached hydrogens (tertiary/aromatic N) is 2. The van der Waals surface area contributed by atoms with Crippen LogP contribution in [-0.4, -0.2) is 87.2 Å². The van der Waals surface area contributed by atoms with Gasteiger partial charge in [-0.15, -0.1) is 6.42 Å². The highest BCUT2D eigenvalue weighted by Gasteiger charge is 2.49. The summed E-state index contributed by atoms with van der Waals surface area (Å²) in [5.74, 6) is 6.74. The van der Waals surface area contributed by atoms with Gasteiger partial charge in [-0.05, 0) is 30.3 Å². The van der Waals surface area contributed by atoms with E-state index < -0.39 is 21.4 Å².